The van der Waals surface area contributed by atoms with E-state index in [-0.39, 0.29) is 17.6 Å². The van der Waals surface area contributed by atoms with E-state index in [9.17, 15) is 9.59 Å². The number of nitrogens with zero attached hydrogens (tertiary/aromatic N) is 1. The third-order valence-corrected chi connectivity index (χ3v) is 3.99. The molecule has 0 saturated heterocycles. The largest absolute Gasteiger partial charge is 0.478 e. The van der Waals surface area contributed by atoms with Crippen LogP contribution in [0.25, 0.3) is 0 Å². The van der Waals surface area contributed by atoms with Crippen molar-refractivity contribution in [3.8, 4) is 0 Å². The number of carbonyl (C=O) groups excluding carboxylic acids is 1. The topological polar surface area (TPSA) is 91.3 Å². The van der Waals surface area contributed by atoms with Gasteiger partial charge in [-0.3, -0.25) is 4.98 Å². The van der Waals surface area contributed by atoms with Crippen molar-refractivity contribution in [3.63, 3.8) is 0 Å². The van der Waals surface area contributed by atoms with E-state index >= 15 is 0 Å². The molecule has 0 spiro atoms. The molecule has 3 N–H and O–H groups in total. The Morgan fingerprint density at radius 2 is 2.10 bits per heavy atom. The number of hydrogen-bond acceptors (Lipinski definition) is 3. The van der Waals surface area contributed by atoms with Crippen molar-refractivity contribution >= 4 is 17.7 Å². The molecule has 1 aliphatic rings. The van der Waals surface area contributed by atoms with Gasteiger partial charge >= 0.3 is 12.0 Å². The molecule has 1 fully saturated rings. The second-order valence-electron chi connectivity index (χ2n) is 5.43. The van der Waals surface area contributed by atoms with Gasteiger partial charge in [0, 0.05) is 12.2 Å². The van der Waals surface area contributed by atoms with E-state index in [2.05, 4.69) is 22.5 Å². The fourth-order valence-electron chi connectivity index (χ4n) is 2.85. The number of amides is 2. The summed E-state index contributed by atoms with van der Waals surface area (Å²) in [4.78, 5) is 26.7. The molecule has 6 heteroatoms. The number of carboxylic acid groups (broad SMARTS) is 1. The first kappa shape index (κ1) is 15.3. The number of urea groups is 1. The molecule has 6 nitrogen and oxygen atoms in total. The summed E-state index contributed by atoms with van der Waals surface area (Å²) in [6.45, 7) is 2.14. The first-order valence-electron chi connectivity index (χ1n) is 7.36. The number of rotatable bonds is 4. The molecule has 1 aromatic heterocycles. The molecule has 0 bridgehead atoms. The summed E-state index contributed by atoms with van der Waals surface area (Å²) < 4.78 is 0. The molecule has 2 rings (SSSR count). The minimum atomic E-state index is -1.06. The van der Waals surface area contributed by atoms with Crippen LogP contribution < -0.4 is 10.6 Å². The van der Waals surface area contributed by atoms with Crippen molar-refractivity contribution in [2.75, 3.05) is 5.32 Å². The van der Waals surface area contributed by atoms with E-state index in [1.54, 1.807) is 0 Å². The first-order chi connectivity index (χ1) is 10.1. The SMILES string of the molecule is CCC1CCCCC1NC(=O)Nc1cncc(C(=O)O)c1. The zero-order chi connectivity index (χ0) is 15.2. The number of hydrogen-bond donors (Lipinski definition) is 3. The Hall–Kier alpha value is -2.11. The van der Waals surface area contributed by atoms with Crippen LogP contribution >= 0.6 is 0 Å². The molecule has 0 aliphatic heterocycles. The van der Waals surface area contributed by atoms with Gasteiger partial charge in [-0.1, -0.05) is 26.2 Å². The molecule has 2 atom stereocenters. The highest BCUT2D eigenvalue weighted by Gasteiger charge is 2.25. The van der Waals surface area contributed by atoms with Gasteiger partial charge in [0.2, 0.25) is 0 Å². The molecule has 1 saturated carbocycles. The summed E-state index contributed by atoms with van der Waals surface area (Å²) in [5.41, 5.74) is 0.438. The molecule has 1 aromatic rings. The highest BCUT2D eigenvalue weighted by molar-refractivity contribution is 5.92. The van der Waals surface area contributed by atoms with E-state index in [1.807, 2.05) is 0 Å². The Labute approximate surface area is 124 Å². The molecule has 0 radical (unpaired) electrons. The summed E-state index contributed by atoms with van der Waals surface area (Å²) in [6.07, 6.45) is 8.25. The normalized spacial score (nSPS) is 21.6. The van der Waals surface area contributed by atoms with Crippen LogP contribution in [0.3, 0.4) is 0 Å². The third kappa shape index (κ3) is 4.18. The van der Waals surface area contributed by atoms with Gasteiger partial charge in [0.15, 0.2) is 0 Å². The fraction of sp³-hybridized carbons (Fsp3) is 0.533. The maximum atomic E-state index is 12.0. The van der Waals surface area contributed by atoms with Crippen LogP contribution in [0, 0.1) is 5.92 Å². The summed E-state index contributed by atoms with van der Waals surface area (Å²) >= 11 is 0. The maximum Gasteiger partial charge on any atom is 0.337 e. The minimum absolute atomic E-state index is 0.0527. The lowest BCUT2D eigenvalue weighted by Crippen LogP contribution is -2.43. The molecule has 2 unspecified atom stereocenters. The van der Waals surface area contributed by atoms with Gasteiger partial charge in [-0.25, -0.2) is 9.59 Å². The van der Waals surface area contributed by atoms with Crippen molar-refractivity contribution in [1.29, 1.82) is 0 Å². The lowest BCUT2D eigenvalue weighted by atomic mass is 9.83. The van der Waals surface area contributed by atoms with Gasteiger partial charge in [0.05, 0.1) is 17.4 Å². The second kappa shape index (κ2) is 7.06. The van der Waals surface area contributed by atoms with Crippen LogP contribution in [0.2, 0.25) is 0 Å². The number of nitrogens with one attached hydrogen (secondary N) is 2. The number of aromatic nitrogens is 1. The Morgan fingerprint density at radius 1 is 1.33 bits per heavy atom. The summed E-state index contributed by atoms with van der Waals surface area (Å²) in [5.74, 6) is -0.544. The summed E-state index contributed by atoms with van der Waals surface area (Å²) in [6, 6.07) is 1.29. The lowest BCUT2D eigenvalue weighted by molar-refractivity contribution is 0.0696. The van der Waals surface area contributed by atoms with Crippen molar-refractivity contribution < 1.29 is 14.7 Å². The molecule has 1 aliphatic carbocycles. The van der Waals surface area contributed by atoms with Crippen molar-refractivity contribution in [2.24, 2.45) is 5.92 Å². The number of carboxylic acids is 1. The summed E-state index contributed by atoms with van der Waals surface area (Å²) in [7, 11) is 0. The molecule has 114 valence electrons. The predicted molar refractivity (Wildman–Crippen MR) is 79.4 cm³/mol. The van der Waals surface area contributed by atoms with Crippen LogP contribution in [0.4, 0.5) is 10.5 Å². The van der Waals surface area contributed by atoms with E-state index in [0.717, 1.165) is 25.7 Å². The van der Waals surface area contributed by atoms with E-state index in [4.69, 9.17) is 5.11 Å². The van der Waals surface area contributed by atoms with Crippen LogP contribution in [-0.2, 0) is 0 Å². The first-order valence-corrected chi connectivity index (χ1v) is 7.36. The van der Waals surface area contributed by atoms with E-state index in [0.29, 0.717) is 11.6 Å². The standard InChI is InChI=1S/C15H21N3O3/c1-2-10-5-3-4-6-13(10)18-15(21)17-12-7-11(14(19)20)8-16-9-12/h7-10,13H,2-6H2,1H3,(H,19,20)(H2,17,18,21). The molecule has 0 aromatic carbocycles. The van der Waals surface area contributed by atoms with E-state index in [1.165, 1.54) is 24.9 Å². The van der Waals surface area contributed by atoms with Gasteiger partial charge in [0.25, 0.3) is 0 Å². The van der Waals surface area contributed by atoms with Crippen molar-refractivity contribution in [2.45, 2.75) is 45.1 Å². The Kier molecular flexibility index (Phi) is 5.14. The van der Waals surface area contributed by atoms with Gasteiger partial charge < -0.3 is 15.7 Å². The van der Waals surface area contributed by atoms with Crippen molar-refractivity contribution in [1.82, 2.24) is 10.3 Å². The van der Waals surface area contributed by atoms with Crippen LogP contribution in [-0.4, -0.2) is 28.1 Å². The maximum absolute atomic E-state index is 12.0. The Bertz CT molecular complexity index is 519. The predicted octanol–water partition coefficient (Wildman–Crippen LogP) is 2.87. The Balaban J connectivity index is 1.95. The number of pyridine rings is 1. The van der Waals surface area contributed by atoms with E-state index < -0.39 is 5.97 Å². The average Bonchev–Trinajstić information content (AvgIpc) is 2.48. The number of anilines is 1. The third-order valence-electron chi connectivity index (χ3n) is 3.99. The van der Waals surface area contributed by atoms with Gasteiger partial charge in [-0.05, 0) is 24.8 Å². The van der Waals surface area contributed by atoms with Crippen LogP contribution in [0.15, 0.2) is 18.5 Å². The average molecular weight is 291 g/mol. The lowest BCUT2D eigenvalue weighted by Gasteiger charge is -2.31. The van der Waals surface area contributed by atoms with Gasteiger partial charge in [0.1, 0.15) is 0 Å². The smallest absolute Gasteiger partial charge is 0.337 e. The zero-order valence-electron chi connectivity index (χ0n) is 12.1. The van der Waals surface area contributed by atoms with Crippen molar-refractivity contribution in [3.05, 3.63) is 24.0 Å². The molecule has 2 amide bonds. The molecular weight excluding hydrogens is 270 g/mol. The Morgan fingerprint density at radius 3 is 2.81 bits per heavy atom. The van der Waals surface area contributed by atoms with Crippen LogP contribution in [0.5, 0.6) is 0 Å². The zero-order valence-corrected chi connectivity index (χ0v) is 12.1. The summed E-state index contributed by atoms with van der Waals surface area (Å²) in [5, 5.41) is 14.5. The fourth-order valence-corrected chi connectivity index (χ4v) is 2.85. The minimum Gasteiger partial charge on any atom is -0.478 e. The monoisotopic (exact) mass is 291 g/mol. The quantitative estimate of drug-likeness (QED) is 0.795. The highest BCUT2D eigenvalue weighted by atomic mass is 16.4. The molecule has 21 heavy (non-hydrogen) atoms. The number of carbonyl (C=O) groups is 2. The van der Waals surface area contributed by atoms with Gasteiger partial charge in [-0.2, -0.15) is 0 Å². The van der Waals surface area contributed by atoms with Gasteiger partial charge in [-0.15, -0.1) is 0 Å². The highest BCUT2D eigenvalue weighted by Crippen LogP contribution is 2.26. The molecular formula is C15H21N3O3. The second-order valence-corrected chi connectivity index (χ2v) is 5.43. The van der Waals surface area contributed by atoms with Crippen LogP contribution in [0.1, 0.15) is 49.4 Å². The molecule has 1 heterocycles. The number of aromatic carboxylic acids is 1.